The van der Waals surface area contributed by atoms with Crippen LogP contribution >= 0.6 is 15.9 Å². The van der Waals surface area contributed by atoms with Crippen molar-refractivity contribution in [1.82, 2.24) is 4.57 Å². The molecule has 3 nitrogen and oxygen atoms in total. The third-order valence-corrected chi connectivity index (χ3v) is 4.82. The van der Waals surface area contributed by atoms with E-state index in [4.69, 9.17) is 0 Å². The Hall–Kier alpha value is -1.68. The van der Waals surface area contributed by atoms with Gasteiger partial charge >= 0.3 is 0 Å². The summed E-state index contributed by atoms with van der Waals surface area (Å²) in [6.07, 6.45) is 1.37. The Morgan fingerprint density at radius 3 is 2.67 bits per heavy atom. The molecule has 2 heterocycles. The maximum absolute atomic E-state index is 12.6. The van der Waals surface area contributed by atoms with E-state index in [1.165, 1.54) is 0 Å². The molecule has 0 saturated heterocycles. The lowest BCUT2D eigenvalue weighted by atomic mass is 9.76. The Labute approximate surface area is 131 Å². The van der Waals surface area contributed by atoms with E-state index in [-0.39, 0.29) is 17.0 Å². The van der Waals surface area contributed by atoms with Crippen LogP contribution in [0.25, 0.3) is 5.69 Å². The Balaban J connectivity index is 2.02. The SMILES string of the molecule is CC1(C)CC(=O)c2c(cc3n2-c2cc(Br)ccc2C3=O)C1. The summed E-state index contributed by atoms with van der Waals surface area (Å²) in [4.78, 5) is 25.1. The summed E-state index contributed by atoms with van der Waals surface area (Å²) < 4.78 is 2.77. The number of ketones is 2. The van der Waals surface area contributed by atoms with Crippen molar-refractivity contribution < 1.29 is 9.59 Å². The monoisotopic (exact) mass is 343 g/mol. The van der Waals surface area contributed by atoms with Crippen LogP contribution in [0.5, 0.6) is 0 Å². The van der Waals surface area contributed by atoms with Gasteiger partial charge in [0, 0.05) is 16.5 Å². The molecule has 1 aromatic heterocycles. The van der Waals surface area contributed by atoms with Gasteiger partial charge in [0.1, 0.15) is 0 Å². The fraction of sp³-hybridized carbons (Fsp3) is 0.294. The summed E-state index contributed by atoms with van der Waals surface area (Å²) in [6.45, 7) is 4.20. The van der Waals surface area contributed by atoms with Crippen LogP contribution in [0.4, 0.5) is 0 Å². The van der Waals surface area contributed by atoms with Gasteiger partial charge in [-0.2, -0.15) is 0 Å². The van der Waals surface area contributed by atoms with Crippen molar-refractivity contribution in [2.45, 2.75) is 26.7 Å². The highest BCUT2D eigenvalue weighted by molar-refractivity contribution is 9.10. The van der Waals surface area contributed by atoms with E-state index in [0.717, 1.165) is 22.1 Å². The molecule has 1 aliphatic carbocycles. The largest absolute Gasteiger partial charge is 0.302 e. The first-order valence-corrected chi connectivity index (χ1v) is 7.79. The fourth-order valence-electron chi connectivity index (χ4n) is 3.53. The molecule has 1 aliphatic heterocycles. The number of rotatable bonds is 0. The van der Waals surface area contributed by atoms with Gasteiger partial charge in [0.25, 0.3) is 0 Å². The molecule has 0 spiro atoms. The van der Waals surface area contributed by atoms with Gasteiger partial charge in [0.2, 0.25) is 5.78 Å². The Morgan fingerprint density at radius 1 is 1.14 bits per heavy atom. The fourth-order valence-corrected chi connectivity index (χ4v) is 3.88. The van der Waals surface area contributed by atoms with Gasteiger partial charge in [0.05, 0.1) is 17.1 Å². The molecule has 0 unspecified atom stereocenters. The second-order valence-corrected chi connectivity index (χ2v) is 7.59. The summed E-state index contributed by atoms with van der Waals surface area (Å²) in [6, 6.07) is 7.50. The number of fused-ring (bicyclic) bond motifs is 5. The molecule has 21 heavy (non-hydrogen) atoms. The Morgan fingerprint density at radius 2 is 1.90 bits per heavy atom. The van der Waals surface area contributed by atoms with Crippen LogP contribution < -0.4 is 0 Å². The summed E-state index contributed by atoms with van der Waals surface area (Å²) in [5.41, 5.74) is 3.79. The van der Waals surface area contributed by atoms with Crippen molar-refractivity contribution >= 4 is 27.5 Å². The average Bonchev–Trinajstić information content (AvgIpc) is 2.85. The topological polar surface area (TPSA) is 39.1 Å². The van der Waals surface area contributed by atoms with E-state index in [0.29, 0.717) is 23.4 Å². The summed E-state index contributed by atoms with van der Waals surface area (Å²) in [5, 5.41) is 0. The Kier molecular flexibility index (Phi) is 2.45. The van der Waals surface area contributed by atoms with Gasteiger partial charge < -0.3 is 4.57 Å². The van der Waals surface area contributed by atoms with Gasteiger partial charge in [-0.05, 0) is 41.7 Å². The standard InChI is InChI=1S/C17H14BrNO2/c1-17(2)7-9-5-13-16(21)11-4-3-10(18)6-12(11)19(13)15(9)14(20)8-17/h3-6H,7-8H2,1-2H3. The van der Waals surface area contributed by atoms with Crippen molar-refractivity contribution in [3.8, 4) is 5.69 Å². The predicted octanol–water partition coefficient (Wildman–Crippen LogP) is 3.94. The highest BCUT2D eigenvalue weighted by atomic mass is 79.9. The van der Waals surface area contributed by atoms with Gasteiger partial charge in [-0.1, -0.05) is 29.8 Å². The zero-order valence-electron chi connectivity index (χ0n) is 11.9. The van der Waals surface area contributed by atoms with E-state index in [9.17, 15) is 9.59 Å². The van der Waals surface area contributed by atoms with Crippen LogP contribution in [0.15, 0.2) is 28.7 Å². The summed E-state index contributed by atoms with van der Waals surface area (Å²) >= 11 is 3.44. The molecule has 2 aliphatic rings. The molecule has 2 aromatic rings. The molecule has 1 aromatic carbocycles. The van der Waals surface area contributed by atoms with Gasteiger partial charge in [-0.25, -0.2) is 0 Å². The molecule has 0 saturated carbocycles. The third-order valence-electron chi connectivity index (χ3n) is 4.33. The van der Waals surface area contributed by atoms with E-state index in [1.807, 2.05) is 28.8 Å². The van der Waals surface area contributed by atoms with Crippen LogP contribution in [0, 0.1) is 5.41 Å². The second kappa shape index (κ2) is 3.95. The molecule has 0 radical (unpaired) electrons. The highest BCUT2D eigenvalue weighted by Gasteiger charge is 2.39. The van der Waals surface area contributed by atoms with Crippen LogP contribution in [-0.4, -0.2) is 16.1 Å². The van der Waals surface area contributed by atoms with Crippen LogP contribution in [0.3, 0.4) is 0 Å². The minimum Gasteiger partial charge on any atom is -0.302 e. The predicted molar refractivity (Wildman–Crippen MR) is 83.3 cm³/mol. The number of hydrogen-bond acceptors (Lipinski definition) is 2. The van der Waals surface area contributed by atoms with Crippen molar-refractivity contribution in [3.63, 3.8) is 0 Å². The number of benzene rings is 1. The first-order valence-electron chi connectivity index (χ1n) is 7.00. The highest BCUT2D eigenvalue weighted by Crippen LogP contribution is 2.41. The molecular weight excluding hydrogens is 330 g/mol. The van der Waals surface area contributed by atoms with Gasteiger partial charge in [-0.15, -0.1) is 0 Å². The minimum absolute atomic E-state index is 0.0116. The number of Topliss-reactive ketones (excluding diaryl/α,β-unsaturated/α-hetero) is 1. The molecular formula is C17H14BrNO2. The maximum Gasteiger partial charge on any atom is 0.211 e. The molecule has 4 rings (SSSR count). The van der Waals surface area contributed by atoms with Crippen LogP contribution in [-0.2, 0) is 6.42 Å². The van der Waals surface area contributed by atoms with E-state index in [1.54, 1.807) is 0 Å². The van der Waals surface area contributed by atoms with Crippen LogP contribution in [0.2, 0.25) is 0 Å². The number of nitrogens with zero attached hydrogens (tertiary/aromatic N) is 1. The number of carbonyl (C=O) groups excluding carboxylic acids is 2. The number of hydrogen-bond donors (Lipinski definition) is 0. The molecule has 4 heteroatoms. The molecule has 0 amide bonds. The Bertz CT molecular complexity index is 830. The van der Waals surface area contributed by atoms with E-state index < -0.39 is 0 Å². The second-order valence-electron chi connectivity index (χ2n) is 6.67. The molecule has 106 valence electrons. The van der Waals surface area contributed by atoms with Crippen molar-refractivity contribution in [1.29, 1.82) is 0 Å². The van der Waals surface area contributed by atoms with E-state index in [2.05, 4.69) is 29.8 Å². The maximum atomic E-state index is 12.6. The summed E-state index contributed by atoms with van der Waals surface area (Å²) in [7, 11) is 0. The third kappa shape index (κ3) is 1.72. The lowest BCUT2D eigenvalue weighted by Crippen LogP contribution is -2.27. The lowest BCUT2D eigenvalue weighted by Gasteiger charge is -2.29. The molecule has 0 bridgehead atoms. The molecule has 0 fully saturated rings. The molecule has 0 N–H and O–H groups in total. The van der Waals surface area contributed by atoms with Crippen LogP contribution in [0.1, 0.15) is 52.4 Å². The van der Waals surface area contributed by atoms with Gasteiger partial charge in [-0.3, -0.25) is 9.59 Å². The first-order chi connectivity index (χ1) is 9.87. The normalized spacial score (nSPS) is 18.4. The van der Waals surface area contributed by atoms with E-state index >= 15 is 0 Å². The van der Waals surface area contributed by atoms with Crippen molar-refractivity contribution in [2.75, 3.05) is 0 Å². The quantitative estimate of drug-likeness (QED) is 0.620. The first kappa shape index (κ1) is 13.0. The zero-order valence-corrected chi connectivity index (χ0v) is 13.5. The number of halogens is 1. The lowest BCUT2D eigenvalue weighted by molar-refractivity contribution is 0.0905. The van der Waals surface area contributed by atoms with Crippen molar-refractivity contribution in [2.24, 2.45) is 5.41 Å². The smallest absolute Gasteiger partial charge is 0.211 e. The van der Waals surface area contributed by atoms with Crippen molar-refractivity contribution in [3.05, 3.63) is 51.3 Å². The summed E-state index contributed by atoms with van der Waals surface area (Å²) in [5.74, 6) is 0.144. The minimum atomic E-state index is -0.0319. The number of aromatic nitrogens is 1. The van der Waals surface area contributed by atoms with Gasteiger partial charge in [0.15, 0.2) is 5.78 Å². The zero-order chi connectivity index (χ0) is 14.9. The average molecular weight is 344 g/mol. The number of carbonyl (C=O) groups is 2. The molecule has 0 atom stereocenters.